The maximum absolute atomic E-state index is 13.1. The zero-order valence-corrected chi connectivity index (χ0v) is 14.9. The lowest BCUT2D eigenvalue weighted by Crippen LogP contribution is -2.44. The Bertz CT molecular complexity index is 730. The fourth-order valence-corrected chi connectivity index (χ4v) is 4.63. The van der Waals surface area contributed by atoms with Crippen LogP contribution in [0.25, 0.3) is 11.0 Å². The third-order valence-electron chi connectivity index (χ3n) is 5.24. The number of benzene rings is 1. The van der Waals surface area contributed by atoms with Crippen molar-refractivity contribution in [1.82, 2.24) is 19.8 Å². The first kappa shape index (κ1) is 16.0. The van der Waals surface area contributed by atoms with E-state index in [0.717, 1.165) is 55.0 Å². The largest absolute Gasteiger partial charge is 0.334 e. The molecule has 24 heavy (non-hydrogen) atoms. The maximum Gasteiger partial charge on any atom is 0.243 e. The summed E-state index contributed by atoms with van der Waals surface area (Å²) in [5.74, 6) is 2.07. The van der Waals surface area contributed by atoms with Crippen LogP contribution in [-0.4, -0.2) is 51.8 Å². The van der Waals surface area contributed by atoms with Crippen molar-refractivity contribution in [2.24, 2.45) is 0 Å². The summed E-state index contributed by atoms with van der Waals surface area (Å²) < 4.78 is 2.12. The molecule has 1 N–H and O–H groups in total. The molecule has 1 amide bonds. The van der Waals surface area contributed by atoms with Crippen molar-refractivity contribution in [3.63, 3.8) is 0 Å². The number of thioether (sulfide) groups is 1. The van der Waals surface area contributed by atoms with Crippen LogP contribution in [0.4, 0.5) is 0 Å². The molecule has 2 aliphatic heterocycles. The Morgan fingerprint density at radius 1 is 1.29 bits per heavy atom. The number of nitrogens with zero attached hydrogens (tertiary/aromatic N) is 3. The maximum atomic E-state index is 13.1. The van der Waals surface area contributed by atoms with Gasteiger partial charge in [0.15, 0.2) is 0 Å². The van der Waals surface area contributed by atoms with Crippen LogP contribution >= 0.6 is 11.8 Å². The summed E-state index contributed by atoms with van der Waals surface area (Å²) in [6.07, 6.45) is 5.43. The summed E-state index contributed by atoms with van der Waals surface area (Å²) in [4.78, 5) is 20.0. The molecule has 2 aromatic rings. The number of imidazole rings is 1. The van der Waals surface area contributed by atoms with E-state index < -0.39 is 0 Å². The number of hydrogen-bond acceptors (Lipinski definition) is 4. The van der Waals surface area contributed by atoms with E-state index in [9.17, 15) is 4.79 Å². The number of aromatic nitrogens is 2. The number of fused-ring (bicyclic) bond motifs is 3. The quantitative estimate of drug-likeness (QED) is 0.924. The summed E-state index contributed by atoms with van der Waals surface area (Å²) >= 11 is 1.75. The summed E-state index contributed by atoms with van der Waals surface area (Å²) in [5.41, 5.74) is 2.05. The van der Waals surface area contributed by atoms with Gasteiger partial charge in [-0.2, -0.15) is 11.8 Å². The van der Waals surface area contributed by atoms with E-state index in [-0.39, 0.29) is 5.91 Å². The van der Waals surface area contributed by atoms with Crippen molar-refractivity contribution in [3.05, 3.63) is 30.1 Å². The number of carbonyl (C=O) groups excluding carboxylic acids is 1. The van der Waals surface area contributed by atoms with E-state index in [4.69, 9.17) is 4.98 Å². The third-order valence-corrected chi connectivity index (χ3v) is 5.79. The predicted octanol–water partition coefficient (Wildman–Crippen LogP) is 2.25. The van der Waals surface area contributed by atoms with Gasteiger partial charge in [0.1, 0.15) is 12.4 Å². The minimum absolute atomic E-state index is 0.247. The van der Waals surface area contributed by atoms with Gasteiger partial charge in [0.25, 0.3) is 0 Å². The summed E-state index contributed by atoms with van der Waals surface area (Å²) in [6, 6.07) is 8.90. The van der Waals surface area contributed by atoms with E-state index in [0.29, 0.717) is 18.6 Å². The second-order valence-corrected chi connectivity index (χ2v) is 7.58. The molecule has 0 aliphatic carbocycles. The molecule has 1 aromatic heterocycles. The fourth-order valence-electron chi connectivity index (χ4n) is 4.15. The van der Waals surface area contributed by atoms with Gasteiger partial charge in [-0.25, -0.2) is 4.98 Å². The van der Waals surface area contributed by atoms with E-state index in [1.807, 2.05) is 18.2 Å². The average Bonchev–Trinajstić information content (AvgIpc) is 3.04. The summed E-state index contributed by atoms with van der Waals surface area (Å²) in [5, 5.41) is 3.47. The molecule has 2 fully saturated rings. The zero-order valence-electron chi connectivity index (χ0n) is 14.1. The Kier molecular flexibility index (Phi) is 4.50. The van der Waals surface area contributed by atoms with Crippen LogP contribution in [0.2, 0.25) is 0 Å². The van der Waals surface area contributed by atoms with Crippen LogP contribution in [0.3, 0.4) is 0 Å². The monoisotopic (exact) mass is 344 g/mol. The molecule has 4 rings (SSSR count). The van der Waals surface area contributed by atoms with E-state index >= 15 is 0 Å². The lowest BCUT2D eigenvalue weighted by molar-refractivity contribution is -0.134. The second kappa shape index (κ2) is 6.76. The van der Waals surface area contributed by atoms with Gasteiger partial charge in [0.05, 0.1) is 16.8 Å². The van der Waals surface area contributed by atoms with Gasteiger partial charge in [-0.05, 0) is 44.2 Å². The molecule has 1 aromatic carbocycles. The van der Waals surface area contributed by atoms with Crippen molar-refractivity contribution in [1.29, 1.82) is 0 Å². The van der Waals surface area contributed by atoms with Gasteiger partial charge < -0.3 is 14.8 Å². The first-order valence-corrected chi connectivity index (χ1v) is 10.1. The SMILES string of the molecule is CSCc1nc2ccccc2n1CC(=O)N1C2CCNCC1CC2. The van der Waals surface area contributed by atoms with Gasteiger partial charge in [-0.3, -0.25) is 4.79 Å². The normalized spacial score (nSPS) is 23.6. The van der Waals surface area contributed by atoms with Gasteiger partial charge in [0, 0.05) is 18.6 Å². The summed E-state index contributed by atoms with van der Waals surface area (Å²) in [7, 11) is 0. The molecule has 3 heterocycles. The van der Waals surface area contributed by atoms with Gasteiger partial charge in [-0.15, -0.1) is 0 Å². The molecule has 2 aliphatic rings. The molecule has 2 bridgehead atoms. The standard InChI is InChI=1S/C18H24N4OS/c1-24-12-17-20-15-4-2-3-5-16(15)21(17)11-18(23)22-13-6-7-14(22)10-19-9-8-13/h2-5,13-14,19H,6-12H2,1H3. The minimum atomic E-state index is 0.247. The van der Waals surface area contributed by atoms with Gasteiger partial charge >= 0.3 is 0 Å². The highest BCUT2D eigenvalue weighted by Gasteiger charge is 2.38. The topological polar surface area (TPSA) is 50.2 Å². The highest BCUT2D eigenvalue weighted by Crippen LogP contribution is 2.29. The van der Waals surface area contributed by atoms with E-state index in [1.165, 1.54) is 0 Å². The van der Waals surface area contributed by atoms with Gasteiger partial charge in [0.2, 0.25) is 5.91 Å². The average molecular weight is 344 g/mol. The Balaban J connectivity index is 1.63. The zero-order chi connectivity index (χ0) is 16.5. The smallest absolute Gasteiger partial charge is 0.243 e. The molecule has 2 unspecified atom stereocenters. The van der Waals surface area contributed by atoms with Crippen LogP contribution in [0, 0.1) is 0 Å². The number of para-hydroxylation sites is 2. The first-order chi connectivity index (χ1) is 11.8. The Morgan fingerprint density at radius 3 is 3.00 bits per heavy atom. The highest BCUT2D eigenvalue weighted by atomic mass is 32.2. The van der Waals surface area contributed by atoms with Crippen molar-refractivity contribution >= 4 is 28.7 Å². The van der Waals surface area contributed by atoms with E-state index in [1.54, 1.807) is 11.8 Å². The van der Waals surface area contributed by atoms with Crippen molar-refractivity contribution in [3.8, 4) is 0 Å². The molecule has 2 atom stereocenters. The first-order valence-electron chi connectivity index (χ1n) is 8.73. The van der Waals surface area contributed by atoms with Gasteiger partial charge in [-0.1, -0.05) is 12.1 Å². The lowest BCUT2D eigenvalue weighted by Gasteiger charge is -2.28. The minimum Gasteiger partial charge on any atom is -0.334 e. The molecular formula is C18H24N4OS. The number of nitrogens with one attached hydrogen (secondary N) is 1. The fraction of sp³-hybridized carbons (Fsp3) is 0.556. The van der Waals surface area contributed by atoms with E-state index in [2.05, 4.69) is 27.1 Å². The Morgan fingerprint density at radius 2 is 2.12 bits per heavy atom. The molecule has 128 valence electrons. The van der Waals surface area contributed by atoms with Crippen LogP contribution in [0.5, 0.6) is 0 Å². The molecule has 5 nitrogen and oxygen atoms in total. The number of rotatable bonds is 4. The lowest BCUT2D eigenvalue weighted by atomic mass is 10.1. The third kappa shape index (κ3) is 2.82. The van der Waals surface area contributed by atoms with Crippen molar-refractivity contribution in [2.45, 2.75) is 43.6 Å². The number of hydrogen-bond donors (Lipinski definition) is 1. The molecule has 0 saturated carbocycles. The molecular weight excluding hydrogens is 320 g/mol. The van der Waals surface area contributed by atoms with Crippen molar-refractivity contribution < 1.29 is 4.79 Å². The second-order valence-electron chi connectivity index (χ2n) is 6.71. The predicted molar refractivity (Wildman–Crippen MR) is 98.1 cm³/mol. The summed E-state index contributed by atoms with van der Waals surface area (Å²) in [6.45, 7) is 2.37. The van der Waals surface area contributed by atoms with Crippen LogP contribution in [0.1, 0.15) is 25.1 Å². The Labute approximate surface area is 146 Å². The number of carbonyl (C=O) groups is 1. The van der Waals surface area contributed by atoms with Crippen LogP contribution in [-0.2, 0) is 17.1 Å². The molecule has 0 spiro atoms. The number of amides is 1. The molecule has 0 radical (unpaired) electrons. The Hall–Kier alpha value is -1.53. The highest BCUT2D eigenvalue weighted by molar-refractivity contribution is 7.97. The molecule has 6 heteroatoms. The molecule has 2 saturated heterocycles. The van der Waals surface area contributed by atoms with Crippen LogP contribution in [0.15, 0.2) is 24.3 Å². The van der Waals surface area contributed by atoms with Crippen LogP contribution < -0.4 is 5.32 Å². The van der Waals surface area contributed by atoms with Crippen molar-refractivity contribution in [2.75, 3.05) is 19.3 Å².